The van der Waals surface area contributed by atoms with Crippen molar-refractivity contribution >= 4 is 12.6 Å². The molecular weight excluding hydrogens is 186 g/mol. The van der Waals surface area contributed by atoms with Crippen LogP contribution in [0.2, 0.25) is 0 Å². The number of nitrogens with zero attached hydrogens (tertiary/aromatic N) is 3. The lowest BCUT2D eigenvalue weighted by Gasteiger charge is -2.05. The Morgan fingerprint density at radius 1 is 1.62 bits per heavy atom. The minimum atomic E-state index is 0.286. The van der Waals surface area contributed by atoms with Gasteiger partial charge in [0.05, 0.1) is 13.7 Å². The lowest BCUT2D eigenvalue weighted by molar-refractivity contribution is 0.409. The summed E-state index contributed by atoms with van der Waals surface area (Å²) in [6, 6.07) is 5.43. The maximum absolute atomic E-state index is 8.16. The molecule has 0 aliphatic carbocycles. The van der Waals surface area contributed by atoms with Gasteiger partial charge in [0.25, 0.3) is 0 Å². The highest BCUT2D eigenvalue weighted by Gasteiger charge is 2.01. The minimum absolute atomic E-state index is 0.286. The number of benzene rings is 1. The van der Waals surface area contributed by atoms with Gasteiger partial charge in [0.2, 0.25) is 0 Å². The first-order valence-corrected chi connectivity index (χ1v) is 4.09. The van der Waals surface area contributed by atoms with Gasteiger partial charge in [-0.25, -0.2) is 0 Å². The molecule has 0 aliphatic heterocycles. The first-order valence-electron chi connectivity index (χ1n) is 3.64. The summed E-state index contributed by atoms with van der Waals surface area (Å²) in [7, 11) is 1.58. The summed E-state index contributed by atoms with van der Waals surface area (Å²) >= 11 is 4.17. The molecular formula is C8H9N3OS. The Balaban J connectivity index is 3.00. The fraction of sp³-hybridized carbons (Fsp3) is 0.250. The van der Waals surface area contributed by atoms with Gasteiger partial charge >= 0.3 is 0 Å². The van der Waals surface area contributed by atoms with Crippen molar-refractivity contribution in [3.05, 3.63) is 34.2 Å². The van der Waals surface area contributed by atoms with Gasteiger partial charge in [-0.1, -0.05) is 5.11 Å². The van der Waals surface area contributed by atoms with E-state index in [0.29, 0.717) is 5.75 Å². The average Bonchev–Trinajstić information content (AvgIpc) is 2.15. The Bertz CT molecular complexity index is 347. The Hall–Kier alpha value is -1.32. The molecule has 5 heteroatoms. The van der Waals surface area contributed by atoms with Crippen LogP contribution < -0.4 is 4.74 Å². The second-order valence-electron chi connectivity index (χ2n) is 2.39. The molecule has 0 N–H and O–H groups in total. The van der Waals surface area contributed by atoms with E-state index in [4.69, 9.17) is 10.3 Å². The topological polar surface area (TPSA) is 58.0 Å². The van der Waals surface area contributed by atoms with Crippen molar-refractivity contribution in [3.63, 3.8) is 0 Å². The number of thiol groups is 1. The van der Waals surface area contributed by atoms with Gasteiger partial charge in [-0.05, 0) is 23.7 Å². The zero-order valence-corrected chi connectivity index (χ0v) is 8.03. The third-order valence-electron chi connectivity index (χ3n) is 1.57. The molecule has 0 amide bonds. The highest BCUT2D eigenvalue weighted by Crippen LogP contribution is 2.22. The second kappa shape index (κ2) is 4.64. The van der Waals surface area contributed by atoms with Crippen LogP contribution in [-0.4, -0.2) is 7.11 Å². The number of methoxy groups -OCH3 is 1. The van der Waals surface area contributed by atoms with Gasteiger partial charge in [-0.3, -0.25) is 0 Å². The van der Waals surface area contributed by atoms with Crippen LogP contribution in [0.5, 0.6) is 5.75 Å². The maximum Gasteiger partial charge on any atom is 0.122 e. The maximum atomic E-state index is 8.16. The van der Waals surface area contributed by atoms with E-state index < -0.39 is 0 Å². The molecule has 0 saturated heterocycles. The largest absolute Gasteiger partial charge is 0.496 e. The summed E-state index contributed by atoms with van der Waals surface area (Å²) in [4.78, 5) is 3.50. The monoisotopic (exact) mass is 195 g/mol. The number of rotatable bonds is 3. The molecule has 68 valence electrons. The van der Waals surface area contributed by atoms with E-state index in [2.05, 4.69) is 22.7 Å². The Labute approximate surface area is 81.6 Å². The van der Waals surface area contributed by atoms with Crippen molar-refractivity contribution in [3.8, 4) is 5.75 Å². The van der Waals surface area contributed by atoms with Gasteiger partial charge in [0.15, 0.2) is 0 Å². The Morgan fingerprint density at radius 2 is 2.38 bits per heavy atom. The summed E-state index contributed by atoms with van der Waals surface area (Å²) in [6.45, 7) is 0.286. The second-order valence-corrected chi connectivity index (χ2v) is 2.90. The zero-order valence-electron chi connectivity index (χ0n) is 7.14. The first kappa shape index (κ1) is 9.77. The number of ether oxygens (including phenoxy) is 1. The van der Waals surface area contributed by atoms with E-state index >= 15 is 0 Å². The Morgan fingerprint density at radius 3 is 3.00 bits per heavy atom. The number of hydrogen-bond donors (Lipinski definition) is 1. The van der Waals surface area contributed by atoms with Crippen LogP contribution in [0, 0.1) is 0 Å². The molecule has 0 aliphatic rings. The van der Waals surface area contributed by atoms with E-state index in [1.165, 1.54) is 0 Å². The fourth-order valence-electron chi connectivity index (χ4n) is 0.996. The van der Waals surface area contributed by atoms with Gasteiger partial charge in [-0.2, -0.15) is 0 Å². The summed E-state index contributed by atoms with van der Waals surface area (Å²) in [5, 5.41) is 3.46. The van der Waals surface area contributed by atoms with E-state index in [-0.39, 0.29) is 6.54 Å². The third kappa shape index (κ3) is 2.57. The molecule has 0 aromatic heterocycles. The minimum Gasteiger partial charge on any atom is -0.496 e. The van der Waals surface area contributed by atoms with Crippen molar-refractivity contribution < 1.29 is 4.74 Å². The highest BCUT2D eigenvalue weighted by molar-refractivity contribution is 7.80. The molecule has 0 atom stereocenters. The van der Waals surface area contributed by atoms with Gasteiger partial charge < -0.3 is 4.74 Å². The van der Waals surface area contributed by atoms with Crippen LogP contribution in [0.4, 0.5) is 0 Å². The van der Waals surface area contributed by atoms with Crippen LogP contribution in [0.3, 0.4) is 0 Å². The van der Waals surface area contributed by atoms with Crippen molar-refractivity contribution in [2.75, 3.05) is 7.11 Å². The van der Waals surface area contributed by atoms with E-state index in [1.807, 2.05) is 12.1 Å². The van der Waals surface area contributed by atoms with Gasteiger partial charge in [-0.15, -0.1) is 12.6 Å². The number of hydrogen-bond acceptors (Lipinski definition) is 3. The van der Waals surface area contributed by atoms with Crippen molar-refractivity contribution in [1.29, 1.82) is 0 Å². The quantitative estimate of drug-likeness (QED) is 0.343. The lowest BCUT2D eigenvalue weighted by Crippen LogP contribution is -1.90. The molecule has 1 aromatic rings. The molecule has 0 unspecified atom stereocenters. The third-order valence-corrected chi connectivity index (χ3v) is 1.85. The standard InChI is InChI=1S/C8H9N3OS/c1-12-8-3-2-7(13)4-6(8)5-10-11-9/h2-4,13H,5H2,1H3. The van der Waals surface area contributed by atoms with Crippen molar-refractivity contribution in [2.24, 2.45) is 5.11 Å². The molecule has 0 heterocycles. The summed E-state index contributed by atoms with van der Waals surface area (Å²) < 4.78 is 5.08. The highest BCUT2D eigenvalue weighted by atomic mass is 32.1. The predicted molar refractivity (Wildman–Crippen MR) is 53.1 cm³/mol. The van der Waals surface area contributed by atoms with Crippen molar-refractivity contribution in [2.45, 2.75) is 11.4 Å². The van der Waals surface area contributed by atoms with Crippen LogP contribution in [0.15, 0.2) is 28.2 Å². The molecule has 4 nitrogen and oxygen atoms in total. The predicted octanol–water partition coefficient (Wildman–Crippen LogP) is 2.79. The SMILES string of the molecule is COc1ccc(S)cc1CN=[N+]=[N-]. The summed E-state index contributed by atoms with van der Waals surface area (Å²) in [6.07, 6.45) is 0. The summed E-state index contributed by atoms with van der Waals surface area (Å²) in [5.41, 5.74) is 9.00. The van der Waals surface area contributed by atoms with Gasteiger partial charge in [0, 0.05) is 15.4 Å². The molecule has 0 radical (unpaired) electrons. The van der Waals surface area contributed by atoms with Crippen molar-refractivity contribution in [1.82, 2.24) is 0 Å². The number of azide groups is 1. The molecule has 0 bridgehead atoms. The van der Waals surface area contributed by atoms with E-state index in [1.54, 1.807) is 13.2 Å². The lowest BCUT2D eigenvalue weighted by atomic mass is 10.2. The fourth-order valence-corrected chi connectivity index (χ4v) is 1.23. The Kier molecular flexibility index (Phi) is 3.49. The molecule has 0 saturated carbocycles. The van der Waals surface area contributed by atoms with Crippen LogP contribution in [0.25, 0.3) is 10.4 Å². The van der Waals surface area contributed by atoms with Crippen LogP contribution >= 0.6 is 12.6 Å². The van der Waals surface area contributed by atoms with E-state index in [9.17, 15) is 0 Å². The van der Waals surface area contributed by atoms with Crippen LogP contribution in [-0.2, 0) is 6.54 Å². The average molecular weight is 195 g/mol. The first-order chi connectivity index (χ1) is 6.27. The smallest absolute Gasteiger partial charge is 0.122 e. The van der Waals surface area contributed by atoms with E-state index in [0.717, 1.165) is 10.5 Å². The molecule has 0 fully saturated rings. The zero-order chi connectivity index (χ0) is 9.68. The normalized spacial score (nSPS) is 9.08. The summed E-state index contributed by atoms with van der Waals surface area (Å²) in [5.74, 6) is 0.713. The molecule has 0 spiro atoms. The van der Waals surface area contributed by atoms with Crippen LogP contribution in [0.1, 0.15) is 5.56 Å². The van der Waals surface area contributed by atoms with Gasteiger partial charge in [0.1, 0.15) is 5.75 Å². The molecule has 13 heavy (non-hydrogen) atoms. The molecule has 1 aromatic carbocycles. The molecule has 1 rings (SSSR count).